The third kappa shape index (κ3) is 2.39. The molecule has 2 N–H and O–H groups in total. The molecule has 0 fully saturated rings. The Labute approximate surface area is 128 Å². The lowest BCUT2D eigenvalue weighted by Crippen LogP contribution is -2.19. The van der Waals surface area contributed by atoms with Crippen LogP contribution in [0.25, 0.3) is 0 Å². The fourth-order valence-corrected chi connectivity index (χ4v) is 2.72. The topological polar surface area (TPSA) is 41.1 Å². The molecule has 0 saturated carbocycles. The van der Waals surface area contributed by atoms with Crippen LogP contribution in [0.4, 0.5) is 15.8 Å². The fraction of sp³-hybridized carbons (Fsp3) is 0.0714. The molecule has 0 radical (unpaired) electrons. The van der Waals surface area contributed by atoms with Crippen LogP contribution in [-0.2, 0) is 4.79 Å². The van der Waals surface area contributed by atoms with Crippen molar-refractivity contribution >= 4 is 44.8 Å². The highest BCUT2D eigenvalue weighted by atomic mass is 79.9. The van der Waals surface area contributed by atoms with Crippen molar-refractivity contribution in [2.75, 3.05) is 10.6 Å². The molecule has 2 aromatic rings. The van der Waals surface area contributed by atoms with Crippen molar-refractivity contribution in [3.05, 3.63) is 57.3 Å². The Kier molecular flexibility index (Phi) is 3.40. The standard InChI is InChI=1S/C14H9BrClFN2O/c15-7-1-3-9-12(5-7)19-14(20)13(9)18-11-4-2-8(17)6-10(11)16/h1-6,13,18H,(H,19,20). The van der Waals surface area contributed by atoms with E-state index in [0.29, 0.717) is 5.69 Å². The average Bonchev–Trinajstić information content (AvgIpc) is 2.68. The first-order chi connectivity index (χ1) is 9.54. The number of anilines is 2. The van der Waals surface area contributed by atoms with Crippen LogP contribution in [0.5, 0.6) is 0 Å². The Balaban J connectivity index is 1.94. The molecule has 0 saturated heterocycles. The summed E-state index contributed by atoms with van der Waals surface area (Å²) in [4.78, 5) is 12.0. The molecular formula is C14H9BrClFN2O. The summed E-state index contributed by atoms with van der Waals surface area (Å²) in [7, 11) is 0. The molecule has 3 nitrogen and oxygen atoms in total. The Morgan fingerprint density at radius 1 is 1.25 bits per heavy atom. The molecule has 0 aromatic heterocycles. The van der Waals surface area contributed by atoms with E-state index in [9.17, 15) is 9.18 Å². The number of hydrogen-bond acceptors (Lipinski definition) is 2. The second-order valence-electron chi connectivity index (χ2n) is 4.42. The number of carbonyl (C=O) groups excluding carboxylic acids is 1. The van der Waals surface area contributed by atoms with Crippen LogP contribution in [0.2, 0.25) is 5.02 Å². The molecule has 102 valence electrons. The van der Waals surface area contributed by atoms with Gasteiger partial charge in [-0.25, -0.2) is 4.39 Å². The monoisotopic (exact) mass is 354 g/mol. The number of fused-ring (bicyclic) bond motifs is 1. The molecule has 0 spiro atoms. The van der Waals surface area contributed by atoms with Gasteiger partial charge in [-0.3, -0.25) is 4.79 Å². The maximum Gasteiger partial charge on any atom is 0.251 e. The predicted molar refractivity (Wildman–Crippen MR) is 80.5 cm³/mol. The summed E-state index contributed by atoms with van der Waals surface area (Å²) < 4.78 is 13.9. The van der Waals surface area contributed by atoms with Gasteiger partial charge in [-0.05, 0) is 30.3 Å². The molecule has 1 heterocycles. The van der Waals surface area contributed by atoms with Gasteiger partial charge in [0.05, 0.1) is 10.7 Å². The van der Waals surface area contributed by atoms with Gasteiger partial charge in [-0.15, -0.1) is 0 Å². The van der Waals surface area contributed by atoms with Crippen molar-refractivity contribution in [3.63, 3.8) is 0 Å². The van der Waals surface area contributed by atoms with Crippen molar-refractivity contribution in [2.45, 2.75) is 6.04 Å². The largest absolute Gasteiger partial charge is 0.369 e. The van der Waals surface area contributed by atoms with Crippen LogP contribution in [-0.4, -0.2) is 5.91 Å². The summed E-state index contributed by atoms with van der Waals surface area (Å²) in [5.74, 6) is -0.584. The molecule has 1 unspecified atom stereocenters. The highest BCUT2D eigenvalue weighted by Gasteiger charge is 2.30. The van der Waals surface area contributed by atoms with E-state index >= 15 is 0 Å². The molecule has 1 amide bonds. The van der Waals surface area contributed by atoms with E-state index in [1.807, 2.05) is 18.2 Å². The van der Waals surface area contributed by atoms with Gasteiger partial charge in [0.25, 0.3) is 5.91 Å². The number of benzene rings is 2. The van der Waals surface area contributed by atoms with Crippen LogP contribution in [0, 0.1) is 5.82 Å². The van der Waals surface area contributed by atoms with Gasteiger partial charge >= 0.3 is 0 Å². The number of rotatable bonds is 2. The van der Waals surface area contributed by atoms with Crippen molar-refractivity contribution in [1.82, 2.24) is 0 Å². The smallest absolute Gasteiger partial charge is 0.251 e. The van der Waals surface area contributed by atoms with Crippen molar-refractivity contribution in [3.8, 4) is 0 Å². The highest BCUT2D eigenvalue weighted by Crippen LogP contribution is 2.36. The minimum Gasteiger partial charge on any atom is -0.369 e. The summed E-state index contributed by atoms with van der Waals surface area (Å²) >= 11 is 9.32. The van der Waals surface area contributed by atoms with Gasteiger partial charge in [0.2, 0.25) is 0 Å². The number of amides is 1. The first kappa shape index (κ1) is 13.4. The van der Waals surface area contributed by atoms with Crippen molar-refractivity contribution < 1.29 is 9.18 Å². The second-order valence-corrected chi connectivity index (χ2v) is 5.75. The quantitative estimate of drug-likeness (QED) is 0.841. The Bertz CT molecular complexity index is 708. The SMILES string of the molecule is O=C1Nc2cc(Br)ccc2C1Nc1ccc(F)cc1Cl. The molecule has 20 heavy (non-hydrogen) atoms. The van der Waals surface area contributed by atoms with E-state index < -0.39 is 11.9 Å². The zero-order valence-electron chi connectivity index (χ0n) is 10.1. The first-order valence-corrected chi connectivity index (χ1v) is 7.03. The molecule has 0 bridgehead atoms. The second kappa shape index (κ2) is 5.07. The molecule has 6 heteroatoms. The third-order valence-electron chi connectivity index (χ3n) is 3.08. The van der Waals surface area contributed by atoms with E-state index in [2.05, 4.69) is 26.6 Å². The lowest BCUT2D eigenvalue weighted by atomic mass is 10.1. The lowest BCUT2D eigenvalue weighted by molar-refractivity contribution is -0.116. The maximum atomic E-state index is 13.0. The van der Waals surface area contributed by atoms with Crippen LogP contribution in [0.15, 0.2) is 40.9 Å². The third-order valence-corrected chi connectivity index (χ3v) is 3.88. The normalized spacial score (nSPS) is 16.8. The van der Waals surface area contributed by atoms with Gasteiger partial charge in [-0.1, -0.05) is 33.6 Å². The maximum absolute atomic E-state index is 13.0. The fourth-order valence-electron chi connectivity index (χ4n) is 2.14. The van der Waals surface area contributed by atoms with Crippen LogP contribution in [0.1, 0.15) is 11.6 Å². The van der Waals surface area contributed by atoms with Gasteiger partial charge in [0, 0.05) is 15.7 Å². The van der Waals surface area contributed by atoms with Gasteiger partial charge < -0.3 is 10.6 Å². The Hall–Kier alpha value is -1.59. The lowest BCUT2D eigenvalue weighted by Gasteiger charge is -2.14. The Morgan fingerprint density at radius 3 is 2.80 bits per heavy atom. The number of hydrogen-bond donors (Lipinski definition) is 2. The number of nitrogens with one attached hydrogen (secondary N) is 2. The summed E-state index contributed by atoms with van der Waals surface area (Å²) in [5.41, 5.74) is 2.10. The summed E-state index contributed by atoms with van der Waals surface area (Å²) in [6, 6.07) is 9.03. The molecule has 0 aliphatic carbocycles. The molecular weight excluding hydrogens is 347 g/mol. The van der Waals surface area contributed by atoms with E-state index in [1.165, 1.54) is 18.2 Å². The molecule has 3 rings (SSSR count). The minimum absolute atomic E-state index is 0.168. The minimum atomic E-state index is -0.541. The molecule has 1 atom stereocenters. The van der Waals surface area contributed by atoms with Crippen molar-refractivity contribution in [1.29, 1.82) is 0 Å². The molecule has 1 aliphatic rings. The zero-order chi connectivity index (χ0) is 14.3. The van der Waals surface area contributed by atoms with Gasteiger partial charge in [0.1, 0.15) is 11.9 Å². The summed E-state index contributed by atoms with van der Waals surface area (Å²) in [5, 5.41) is 6.07. The van der Waals surface area contributed by atoms with Gasteiger partial charge in [-0.2, -0.15) is 0 Å². The highest BCUT2D eigenvalue weighted by molar-refractivity contribution is 9.10. The number of halogens is 3. The van der Waals surface area contributed by atoms with E-state index in [0.717, 1.165) is 15.7 Å². The van der Waals surface area contributed by atoms with Crippen LogP contribution in [0.3, 0.4) is 0 Å². The number of carbonyl (C=O) groups is 1. The Morgan fingerprint density at radius 2 is 2.05 bits per heavy atom. The summed E-state index contributed by atoms with van der Waals surface area (Å²) in [6.07, 6.45) is 0. The average molecular weight is 356 g/mol. The van der Waals surface area contributed by atoms with E-state index in [4.69, 9.17) is 11.6 Å². The van der Waals surface area contributed by atoms with Gasteiger partial charge in [0.15, 0.2) is 0 Å². The first-order valence-electron chi connectivity index (χ1n) is 5.86. The van der Waals surface area contributed by atoms with E-state index in [-0.39, 0.29) is 10.9 Å². The molecule has 2 aromatic carbocycles. The van der Waals surface area contributed by atoms with E-state index in [1.54, 1.807) is 0 Å². The van der Waals surface area contributed by atoms with Crippen molar-refractivity contribution in [2.24, 2.45) is 0 Å². The van der Waals surface area contributed by atoms with Crippen LogP contribution >= 0.6 is 27.5 Å². The predicted octanol–water partition coefficient (Wildman–Crippen LogP) is 4.35. The zero-order valence-corrected chi connectivity index (χ0v) is 12.4. The van der Waals surface area contributed by atoms with Crippen LogP contribution < -0.4 is 10.6 Å². The molecule has 1 aliphatic heterocycles. The summed E-state index contributed by atoms with van der Waals surface area (Å²) in [6.45, 7) is 0.